The highest BCUT2D eigenvalue weighted by Gasteiger charge is 2.42. The highest BCUT2D eigenvalue weighted by molar-refractivity contribution is 6.04. The van der Waals surface area contributed by atoms with Gasteiger partial charge in [-0.05, 0) is 32.4 Å². The van der Waals surface area contributed by atoms with E-state index in [0.717, 1.165) is 0 Å². The Balaban J connectivity index is 2.64. The molecule has 0 atom stereocenters. The number of ether oxygens (including phenoxy) is 1. The molecule has 2 rings (SSSR count). The van der Waals surface area contributed by atoms with Crippen molar-refractivity contribution in [2.45, 2.75) is 33.0 Å². The van der Waals surface area contributed by atoms with E-state index in [1.165, 1.54) is 6.07 Å². The van der Waals surface area contributed by atoms with E-state index in [4.69, 9.17) is 5.73 Å². The molecule has 3 N–H and O–H groups in total. The van der Waals surface area contributed by atoms with Crippen molar-refractivity contribution in [1.82, 2.24) is 5.32 Å². The van der Waals surface area contributed by atoms with Gasteiger partial charge in [-0.1, -0.05) is 12.1 Å². The first-order valence-electron chi connectivity index (χ1n) is 7.55. The van der Waals surface area contributed by atoms with E-state index in [-0.39, 0.29) is 17.3 Å². The molecule has 2 amide bonds. The molecular formula is C16H17F3N4O3. The number of amides is 2. The van der Waals surface area contributed by atoms with Gasteiger partial charge in [0.15, 0.2) is 5.70 Å². The van der Waals surface area contributed by atoms with Gasteiger partial charge in [-0.25, -0.2) is 5.01 Å². The molecule has 0 aromatic heterocycles. The van der Waals surface area contributed by atoms with E-state index < -0.39 is 29.6 Å². The van der Waals surface area contributed by atoms with Crippen molar-refractivity contribution in [3.05, 3.63) is 41.3 Å². The zero-order valence-electron chi connectivity index (χ0n) is 14.2. The maximum Gasteiger partial charge on any atom is 0.470 e. The number of aryl methyl sites for hydroxylation is 1. The van der Waals surface area contributed by atoms with Crippen LogP contribution in [-0.2, 0) is 9.53 Å². The third-order valence-corrected chi connectivity index (χ3v) is 3.31. The number of nitrogens with two attached hydrogens (primary N) is 1. The molecule has 0 radical (unpaired) electrons. The first-order chi connectivity index (χ1) is 12.0. The second kappa shape index (κ2) is 7.06. The molecule has 140 valence electrons. The monoisotopic (exact) mass is 370 g/mol. The van der Waals surface area contributed by atoms with Gasteiger partial charge in [0.05, 0.1) is 11.3 Å². The van der Waals surface area contributed by atoms with Crippen LogP contribution in [0, 0.1) is 6.92 Å². The first kappa shape index (κ1) is 19.3. The number of primary amides is 1. The maximum absolute atomic E-state index is 13.0. The molecule has 26 heavy (non-hydrogen) atoms. The third kappa shape index (κ3) is 3.95. The van der Waals surface area contributed by atoms with Crippen LogP contribution >= 0.6 is 0 Å². The highest BCUT2D eigenvalue weighted by Crippen LogP contribution is 2.32. The van der Waals surface area contributed by atoms with Crippen LogP contribution in [0.5, 0.6) is 0 Å². The van der Waals surface area contributed by atoms with E-state index in [2.05, 4.69) is 15.2 Å². The van der Waals surface area contributed by atoms with Crippen LogP contribution in [0.25, 0.3) is 0 Å². The summed E-state index contributed by atoms with van der Waals surface area (Å²) >= 11 is 0. The smallest absolute Gasteiger partial charge is 0.440 e. The maximum atomic E-state index is 13.0. The molecule has 0 saturated heterocycles. The van der Waals surface area contributed by atoms with E-state index in [0.29, 0.717) is 16.8 Å². The summed E-state index contributed by atoms with van der Waals surface area (Å²) in [4.78, 5) is 24.1. The predicted molar refractivity (Wildman–Crippen MR) is 88.1 cm³/mol. The SMILES string of the molecule is Cc1cccc(C(=O)NC(C)C)c1N1N=C(C(F)(F)F)OC=C1C(N)=O. The Morgan fingerprint density at radius 1 is 1.31 bits per heavy atom. The number of rotatable bonds is 4. The lowest BCUT2D eigenvalue weighted by Gasteiger charge is -2.28. The zero-order chi connectivity index (χ0) is 19.6. The van der Waals surface area contributed by atoms with Gasteiger partial charge in [0, 0.05) is 6.04 Å². The second-order valence-corrected chi connectivity index (χ2v) is 5.80. The summed E-state index contributed by atoms with van der Waals surface area (Å²) < 4.78 is 43.3. The Morgan fingerprint density at radius 2 is 1.96 bits per heavy atom. The number of carbonyl (C=O) groups is 2. The van der Waals surface area contributed by atoms with E-state index in [1.807, 2.05) is 0 Å². The number of anilines is 1. The Hall–Kier alpha value is -3.04. The molecule has 1 aromatic rings. The van der Waals surface area contributed by atoms with Crippen molar-refractivity contribution < 1.29 is 27.5 Å². The van der Waals surface area contributed by atoms with Crippen LogP contribution in [0.1, 0.15) is 29.8 Å². The molecule has 0 aliphatic carbocycles. The molecule has 0 unspecified atom stereocenters. The number of alkyl halides is 3. The van der Waals surface area contributed by atoms with Gasteiger partial charge in [0.1, 0.15) is 6.26 Å². The summed E-state index contributed by atoms with van der Waals surface area (Å²) in [6.45, 7) is 5.03. The highest BCUT2D eigenvalue weighted by atomic mass is 19.4. The molecule has 10 heteroatoms. The van der Waals surface area contributed by atoms with Gasteiger partial charge in [0.2, 0.25) is 0 Å². The van der Waals surface area contributed by atoms with Crippen molar-refractivity contribution in [3.8, 4) is 0 Å². The normalized spacial score (nSPS) is 14.5. The summed E-state index contributed by atoms with van der Waals surface area (Å²) in [5.41, 5.74) is 5.25. The molecule has 1 heterocycles. The number of benzene rings is 1. The molecule has 0 spiro atoms. The first-order valence-corrected chi connectivity index (χ1v) is 7.55. The minimum absolute atomic E-state index is 0.000694. The summed E-state index contributed by atoms with van der Waals surface area (Å²) in [5.74, 6) is -3.17. The topological polar surface area (TPSA) is 97.0 Å². The van der Waals surface area contributed by atoms with Crippen LogP contribution < -0.4 is 16.1 Å². The van der Waals surface area contributed by atoms with Crippen molar-refractivity contribution in [3.63, 3.8) is 0 Å². The fourth-order valence-corrected chi connectivity index (χ4v) is 2.25. The van der Waals surface area contributed by atoms with Gasteiger partial charge in [-0.3, -0.25) is 9.59 Å². The van der Waals surface area contributed by atoms with Gasteiger partial charge >= 0.3 is 12.1 Å². The molecule has 0 fully saturated rings. The number of nitrogens with zero attached hydrogens (tertiary/aromatic N) is 2. The van der Waals surface area contributed by atoms with Crippen LogP contribution in [0.15, 0.2) is 35.3 Å². The molecule has 1 aliphatic rings. The molecule has 0 saturated carbocycles. The summed E-state index contributed by atoms with van der Waals surface area (Å²) in [6.07, 6.45) is -4.32. The summed E-state index contributed by atoms with van der Waals surface area (Å²) in [7, 11) is 0. The number of para-hydroxylation sites is 1. The summed E-state index contributed by atoms with van der Waals surface area (Å²) in [5, 5.41) is 6.69. The third-order valence-electron chi connectivity index (χ3n) is 3.31. The molecule has 0 bridgehead atoms. The minimum atomic E-state index is -4.89. The number of hydrazone groups is 1. The van der Waals surface area contributed by atoms with Gasteiger partial charge in [0.25, 0.3) is 11.8 Å². The Bertz CT molecular complexity index is 800. The predicted octanol–water partition coefficient (Wildman–Crippen LogP) is 2.17. The van der Waals surface area contributed by atoms with Gasteiger partial charge in [-0.15, -0.1) is 5.10 Å². The number of nitrogens with one attached hydrogen (secondary N) is 1. The number of halogens is 3. The Morgan fingerprint density at radius 3 is 2.50 bits per heavy atom. The fourth-order valence-electron chi connectivity index (χ4n) is 2.25. The van der Waals surface area contributed by atoms with E-state index in [1.54, 1.807) is 32.9 Å². The van der Waals surface area contributed by atoms with Crippen LogP contribution in [0.2, 0.25) is 0 Å². The van der Waals surface area contributed by atoms with Crippen LogP contribution in [0.4, 0.5) is 18.9 Å². The average molecular weight is 370 g/mol. The lowest BCUT2D eigenvalue weighted by atomic mass is 10.1. The Labute approximate surface area is 147 Å². The fraction of sp³-hybridized carbons (Fsp3) is 0.312. The standard InChI is InChI=1S/C16H17F3N4O3/c1-8(2)21-14(25)10-6-4-5-9(3)12(10)23-11(13(20)24)7-26-15(22-23)16(17,18)19/h4-8H,1-3H3,(H2,20,24)(H,21,25). The van der Waals surface area contributed by atoms with Crippen LogP contribution in [0.3, 0.4) is 0 Å². The van der Waals surface area contributed by atoms with Crippen molar-refractivity contribution in [1.29, 1.82) is 0 Å². The molecule has 7 nitrogen and oxygen atoms in total. The van der Waals surface area contributed by atoms with E-state index in [9.17, 15) is 22.8 Å². The van der Waals surface area contributed by atoms with E-state index >= 15 is 0 Å². The van der Waals surface area contributed by atoms with Crippen LogP contribution in [-0.4, -0.2) is 29.9 Å². The van der Waals surface area contributed by atoms with Crippen molar-refractivity contribution in [2.75, 3.05) is 5.01 Å². The molecular weight excluding hydrogens is 353 g/mol. The molecule has 1 aromatic carbocycles. The lowest BCUT2D eigenvalue weighted by Crippen LogP contribution is -2.38. The number of carbonyl (C=O) groups excluding carboxylic acids is 2. The molecule has 1 aliphatic heterocycles. The zero-order valence-corrected chi connectivity index (χ0v) is 14.2. The largest absolute Gasteiger partial charge is 0.470 e. The Kier molecular flexibility index (Phi) is 5.24. The van der Waals surface area contributed by atoms with Crippen molar-refractivity contribution in [2.24, 2.45) is 10.8 Å². The van der Waals surface area contributed by atoms with Crippen molar-refractivity contribution >= 4 is 23.4 Å². The number of hydrogen-bond donors (Lipinski definition) is 2. The lowest BCUT2D eigenvalue weighted by molar-refractivity contribution is -0.115. The van der Waals surface area contributed by atoms with Gasteiger partial charge in [-0.2, -0.15) is 13.2 Å². The quantitative estimate of drug-likeness (QED) is 0.849. The summed E-state index contributed by atoms with van der Waals surface area (Å²) in [6, 6.07) is 4.34. The second-order valence-electron chi connectivity index (χ2n) is 5.80. The van der Waals surface area contributed by atoms with Gasteiger partial charge < -0.3 is 15.8 Å². The minimum Gasteiger partial charge on any atom is -0.440 e. The number of hydrogen-bond acceptors (Lipinski definition) is 5. The average Bonchev–Trinajstić information content (AvgIpc) is 2.52.